The molecular formula is C21H17FN4O4S. The average molecular weight is 440 g/mol. The van der Waals surface area contributed by atoms with Crippen LogP contribution in [0.25, 0.3) is 11.0 Å². The Bertz CT molecular complexity index is 1370. The number of nitrogens with one attached hydrogen (secondary N) is 2. The largest absolute Gasteiger partial charge is 0.492 e. The molecule has 0 aliphatic rings. The van der Waals surface area contributed by atoms with Crippen LogP contribution in [0.4, 0.5) is 4.39 Å². The number of carbonyl (C=O) groups excluding carboxylic acids is 1. The van der Waals surface area contributed by atoms with Crippen molar-refractivity contribution in [3.05, 3.63) is 77.9 Å². The second-order valence-corrected chi connectivity index (χ2v) is 8.55. The zero-order valence-corrected chi connectivity index (χ0v) is 17.1. The van der Waals surface area contributed by atoms with Crippen molar-refractivity contribution in [1.29, 1.82) is 0 Å². The third-order valence-corrected chi connectivity index (χ3v) is 6.46. The summed E-state index contributed by atoms with van der Waals surface area (Å²) >= 11 is 0. The lowest BCUT2D eigenvalue weighted by atomic mass is 10.2. The first-order valence-corrected chi connectivity index (χ1v) is 10.6. The second-order valence-electron chi connectivity index (χ2n) is 6.63. The fourth-order valence-electron chi connectivity index (χ4n) is 3.06. The maximum atomic E-state index is 13.9. The number of fused-ring (bicyclic) bond motifs is 1. The van der Waals surface area contributed by atoms with Gasteiger partial charge in [0.1, 0.15) is 4.90 Å². The van der Waals surface area contributed by atoms with Crippen molar-refractivity contribution in [2.45, 2.75) is 16.3 Å². The lowest BCUT2D eigenvalue weighted by Gasteiger charge is -2.11. The molecule has 0 unspecified atom stereocenters. The first-order valence-electron chi connectivity index (χ1n) is 9.14. The number of halogens is 1. The molecule has 2 aromatic carbocycles. The summed E-state index contributed by atoms with van der Waals surface area (Å²) < 4.78 is 44.6. The van der Waals surface area contributed by atoms with E-state index in [1.165, 1.54) is 37.6 Å². The molecule has 10 heteroatoms. The topological polar surface area (TPSA) is 114 Å². The minimum Gasteiger partial charge on any atom is -0.492 e. The van der Waals surface area contributed by atoms with Gasteiger partial charge in [0.2, 0.25) is 9.84 Å². The van der Waals surface area contributed by atoms with Crippen molar-refractivity contribution in [2.24, 2.45) is 0 Å². The van der Waals surface area contributed by atoms with Gasteiger partial charge in [-0.2, -0.15) is 5.10 Å². The third kappa shape index (κ3) is 3.97. The zero-order chi connectivity index (χ0) is 22.0. The number of rotatable bonds is 6. The Labute approximate surface area is 177 Å². The van der Waals surface area contributed by atoms with E-state index in [1.54, 1.807) is 24.4 Å². The molecule has 0 fully saturated rings. The van der Waals surface area contributed by atoms with Gasteiger partial charge in [0.15, 0.2) is 17.2 Å². The van der Waals surface area contributed by atoms with Crippen LogP contribution in [0.3, 0.4) is 0 Å². The number of carbonyl (C=O) groups is 1. The van der Waals surface area contributed by atoms with Gasteiger partial charge in [-0.1, -0.05) is 18.2 Å². The van der Waals surface area contributed by atoms with E-state index in [0.29, 0.717) is 16.8 Å². The molecule has 0 bridgehead atoms. The van der Waals surface area contributed by atoms with Gasteiger partial charge < -0.3 is 10.1 Å². The Morgan fingerprint density at radius 3 is 2.68 bits per heavy atom. The lowest BCUT2D eigenvalue weighted by molar-refractivity contribution is 0.0950. The second kappa shape index (κ2) is 8.15. The molecule has 0 saturated carbocycles. The fourth-order valence-corrected chi connectivity index (χ4v) is 4.49. The molecule has 31 heavy (non-hydrogen) atoms. The number of methoxy groups -OCH3 is 1. The maximum absolute atomic E-state index is 13.9. The number of amides is 1. The summed E-state index contributed by atoms with van der Waals surface area (Å²) in [4.78, 5) is 16.2. The number of benzene rings is 2. The predicted octanol–water partition coefficient (Wildman–Crippen LogP) is 2.87. The van der Waals surface area contributed by atoms with Gasteiger partial charge in [0.05, 0.1) is 23.8 Å². The highest BCUT2D eigenvalue weighted by atomic mass is 32.2. The van der Waals surface area contributed by atoms with Crippen molar-refractivity contribution in [3.63, 3.8) is 0 Å². The molecule has 158 valence electrons. The normalized spacial score (nSPS) is 11.4. The molecule has 0 atom stereocenters. The summed E-state index contributed by atoms with van der Waals surface area (Å²) in [5.41, 5.74) is 1.66. The smallest absolute Gasteiger partial charge is 0.253 e. The molecule has 1 amide bonds. The Hall–Kier alpha value is -3.79. The SMILES string of the molecule is COc1c(F)cccc1S(=O)(=O)c1ccc(CNC(=O)c2cnc3[nH]ncc3c2)cc1. The number of hydrogen-bond acceptors (Lipinski definition) is 6. The molecule has 0 saturated heterocycles. The summed E-state index contributed by atoms with van der Waals surface area (Å²) in [6.07, 6.45) is 3.02. The van der Waals surface area contributed by atoms with Crippen molar-refractivity contribution in [2.75, 3.05) is 7.11 Å². The van der Waals surface area contributed by atoms with Crippen molar-refractivity contribution >= 4 is 26.8 Å². The van der Waals surface area contributed by atoms with Crippen LogP contribution in [0.5, 0.6) is 5.75 Å². The van der Waals surface area contributed by atoms with E-state index in [-0.39, 0.29) is 28.0 Å². The number of hydrogen-bond donors (Lipinski definition) is 2. The van der Waals surface area contributed by atoms with Gasteiger partial charge in [-0.15, -0.1) is 0 Å². The summed E-state index contributed by atoms with van der Waals surface area (Å²) in [6, 6.07) is 11.4. The van der Waals surface area contributed by atoms with Gasteiger partial charge in [-0.25, -0.2) is 17.8 Å². The molecule has 4 rings (SSSR count). The van der Waals surface area contributed by atoms with Crippen molar-refractivity contribution in [3.8, 4) is 5.75 Å². The first-order chi connectivity index (χ1) is 14.9. The predicted molar refractivity (Wildman–Crippen MR) is 110 cm³/mol. The summed E-state index contributed by atoms with van der Waals surface area (Å²) in [5.74, 6) is -1.41. The van der Waals surface area contributed by atoms with Crippen LogP contribution in [0.2, 0.25) is 0 Å². The summed E-state index contributed by atoms with van der Waals surface area (Å²) in [5, 5.41) is 10.1. The van der Waals surface area contributed by atoms with Gasteiger partial charge in [0, 0.05) is 18.1 Å². The average Bonchev–Trinajstić information content (AvgIpc) is 3.25. The molecule has 8 nitrogen and oxygen atoms in total. The van der Waals surface area contributed by atoms with Gasteiger partial charge in [0.25, 0.3) is 5.91 Å². The van der Waals surface area contributed by atoms with Crippen LogP contribution in [-0.2, 0) is 16.4 Å². The maximum Gasteiger partial charge on any atom is 0.253 e. The zero-order valence-electron chi connectivity index (χ0n) is 16.3. The van der Waals surface area contributed by atoms with Crippen LogP contribution in [0.15, 0.2) is 70.7 Å². The standard InChI is InChI=1S/C21H17FN4O4S/c1-30-19-17(22)3-2-4-18(19)31(28,29)16-7-5-13(6-8-16)10-24-21(27)15-9-14-12-25-26-20(14)23-11-15/h2-9,11-12H,10H2,1H3,(H,24,27)(H,23,25,26). The van der Waals surface area contributed by atoms with Crippen LogP contribution in [-0.4, -0.2) is 36.6 Å². The quantitative estimate of drug-likeness (QED) is 0.477. The summed E-state index contributed by atoms with van der Waals surface area (Å²) in [6.45, 7) is 0.186. The number of para-hydroxylation sites is 1. The van der Waals surface area contributed by atoms with E-state index in [9.17, 15) is 17.6 Å². The number of pyridine rings is 1. The number of aromatic nitrogens is 3. The third-order valence-electron chi connectivity index (χ3n) is 4.66. The highest BCUT2D eigenvalue weighted by Crippen LogP contribution is 2.31. The highest BCUT2D eigenvalue weighted by molar-refractivity contribution is 7.91. The van der Waals surface area contributed by atoms with Crippen LogP contribution < -0.4 is 10.1 Å². The summed E-state index contributed by atoms with van der Waals surface area (Å²) in [7, 11) is -2.77. The molecule has 2 heterocycles. The van der Waals surface area contributed by atoms with E-state index in [4.69, 9.17) is 4.74 Å². The molecule has 0 radical (unpaired) electrons. The van der Waals surface area contributed by atoms with Crippen LogP contribution in [0.1, 0.15) is 15.9 Å². The van der Waals surface area contributed by atoms with E-state index in [1.807, 2.05) is 0 Å². The number of aromatic amines is 1. The molecular weight excluding hydrogens is 423 g/mol. The Morgan fingerprint density at radius 1 is 1.16 bits per heavy atom. The molecule has 4 aromatic rings. The van der Waals surface area contributed by atoms with E-state index in [2.05, 4.69) is 20.5 Å². The van der Waals surface area contributed by atoms with Gasteiger partial charge in [-0.05, 0) is 35.9 Å². The van der Waals surface area contributed by atoms with Crippen LogP contribution in [0, 0.1) is 5.82 Å². The molecule has 0 spiro atoms. The number of nitrogens with zero attached hydrogens (tertiary/aromatic N) is 2. The van der Waals surface area contributed by atoms with E-state index >= 15 is 0 Å². The van der Waals surface area contributed by atoms with Crippen LogP contribution >= 0.6 is 0 Å². The number of ether oxygens (including phenoxy) is 1. The fraction of sp³-hybridized carbons (Fsp3) is 0.0952. The molecule has 0 aliphatic carbocycles. The van der Waals surface area contributed by atoms with Gasteiger partial charge in [-0.3, -0.25) is 9.89 Å². The number of sulfone groups is 1. The number of H-pyrrole nitrogens is 1. The monoisotopic (exact) mass is 440 g/mol. The van der Waals surface area contributed by atoms with Crippen molar-refractivity contribution in [1.82, 2.24) is 20.5 Å². The highest BCUT2D eigenvalue weighted by Gasteiger charge is 2.24. The van der Waals surface area contributed by atoms with Crippen molar-refractivity contribution < 1.29 is 22.3 Å². The lowest BCUT2D eigenvalue weighted by Crippen LogP contribution is -2.22. The molecule has 2 aromatic heterocycles. The Balaban J connectivity index is 1.49. The molecule has 0 aliphatic heterocycles. The Morgan fingerprint density at radius 2 is 1.94 bits per heavy atom. The van der Waals surface area contributed by atoms with Gasteiger partial charge >= 0.3 is 0 Å². The van der Waals surface area contributed by atoms with E-state index < -0.39 is 15.7 Å². The molecule has 2 N–H and O–H groups in total. The minimum atomic E-state index is -3.98. The first kappa shape index (κ1) is 20.5. The minimum absolute atomic E-state index is 0.0129. The van der Waals surface area contributed by atoms with E-state index in [0.717, 1.165) is 11.5 Å². The Kier molecular flexibility index (Phi) is 5.38.